The van der Waals surface area contributed by atoms with E-state index in [9.17, 15) is 6.85 Å². The van der Waals surface area contributed by atoms with Gasteiger partial charge < -0.3 is 8.83 Å². The first kappa shape index (κ1) is 11.8. The van der Waals surface area contributed by atoms with Crippen molar-refractivity contribution in [3.63, 3.8) is 0 Å². The van der Waals surface area contributed by atoms with Gasteiger partial charge in [-0.1, -0.05) is 103 Å². The molecular formula is C38H22O2. The van der Waals surface area contributed by atoms with Crippen molar-refractivity contribution in [1.82, 2.24) is 0 Å². The lowest BCUT2D eigenvalue weighted by Crippen LogP contribution is -1.91. The molecule has 40 heavy (non-hydrogen) atoms. The van der Waals surface area contributed by atoms with Crippen molar-refractivity contribution in [2.45, 2.75) is 0 Å². The van der Waals surface area contributed by atoms with Gasteiger partial charge in [0.05, 0.1) is 26.8 Å². The molecule has 9 rings (SSSR count). The van der Waals surface area contributed by atoms with Crippen molar-refractivity contribution in [2.75, 3.05) is 0 Å². The summed E-state index contributed by atoms with van der Waals surface area (Å²) in [7, 11) is 0. The fraction of sp³-hybridized carbons (Fsp3) is 0. The quantitative estimate of drug-likeness (QED) is 0.210. The predicted molar refractivity (Wildman–Crippen MR) is 167 cm³/mol. The summed E-state index contributed by atoms with van der Waals surface area (Å²) < 4.78 is 145. The van der Waals surface area contributed by atoms with Crippen LogP contribution in [0.1, 0.15) is 20.6 Å². The molecule has 0 aliphatic carbocycles. The zero-order chi connectivity index (χ0) is 39.3. The molecule has 0 aliphatic rings. The number of hydrogen-bond acceptors (Lipinski definition) is 2. The molecule has 0 fully saturated rings. The van der Waals surface area contributed by atoms with Crippen LogP contribution in [0.15, 0.2) is 142 Å². The topological polar surface area (TPSA) is 26.3 Å². The predicted octanol–water partition coefficient (Wildman–Crippen LogP) is 11.1. The molecule has 0 bridgehead atoms. The molecule has 0 unspecified atom stereocenters. The highest BCUT2D eigenvalue weighted by Crippen LogP contribution is 2.46. The molecule has 9 aromatic rings. The largest absolute Gasteiger partial charge is 0.460 e. The van der Waals surface area contributed by atoms with Crippen LogP contribution in [0.5, 0.6) is 0 Å². The van der Waals surface area contributed by atoms with Gasteiger partial charge in [0.25, 0.3) is 0 Å². The minimum absolute atomic E-state index is 0.00373. The van der Waals surface area contributed by atoms with Gasteiger partial charge in [-0.3, -0.25) is 0 Å². The van der Waals surface area contributed by atoms with Gasteiger partial charge in [-0.25, -0.2) is 0 Å². The van der Waals surface area contributed by atoms with E-state index in [0.29, 0.717) is 27.5 Å². The number of rotatable bonds is 2. The summed E-state index contributed by atoms with van der Waals surface area (Å²) in [6, 6.07) is 0.0840. The van der Waals surface area contributed by atoms with Gasteiger partial charge >= 0.3 is 0 Å². The monoisotopic (exact) mass is 525 g/mol. The second-order valence-corrected chi connectivity index (χ2v) is 9.34. The zero-order valence-electron chi connectivity index (χ0n) is 35.4. The van der Waals surface area contributed by atoms with Crippen molar-refractivity contribution >= 4 is 65.2 Å². The molecule has 186 valence electrons. The lowest BCUT2D eigenvalue weighted by molar-refractivity contribution is 0.600. The molecule has 2 heterocycles. The van der Waals surface area contributed by atoms with E-state index in [-0.39, 0.29) is 38.2 Å². The summed E-state index contributed by atoms with van der Waals surface area (Å²) in [6.07, 6.45) is 1.53. The Bertz CT molecular complexity index is 3180. The van der Waals surface area contributed by atoms with Crippen molar-refractivity contribution < 1.29 is 29.4 Å². The third-order valence-electron chi connectivity index (χ3n) is 7.28. The molecule has 0 atom stereocenters. The smallest absolute Gasteiger partial charge is 0.178 e. The number of hydrogen-bond donors (Lipinski definition) is 0. The molecule has 2 heteroatoms. The van der Waals surface area contributed by atoms with E-state index in [2.05, 4.69) is 0 Å². The highest BCUT2D eigenvalue weighted by molar-refractivity contribution is 6.24. The normalized spacial score (nSPS) is 17.2. The Kier molecular flexibility index (Phi) is 2.39. The first-order chi connectivity index (χ1) is 26.1. The Labute approximate surface area is 250 Å². The van der Waals surface area contributed by atoms with Crippen molar-refractivity contribution in [3.8, 4) is 22.3 Å². The van der Waals surface area contributed by atoms with E-state index in [4.69, 9.17) is 22.5 Å². The summed E-state index contributed by atoms with van der Waals surface area (Å²) in [6.45, 7) is 0. The van der Waals surface area contributed by atoms with Gasteiger partial charge in [-0.15, -0.1) is 0 Å². The first-order valence-electron chi connectivity index (χ1n) is 19.9. The van der Waals surface area contributed by atoms with Crippen LogP contribution in [0.25, 0.3) is 87.5 Å². The molecule has 7 aromatic carbocycles. The van der Waals surface area contributed by atoms with Crippen LogP contribution >= 0.6 is 0 Å². The summed E-state index contributed by atoms with van der Waals surface area (Å²) in [5.41, 5.74) is 0.870. The lowest BCUT2D eigenvalue weighted by Gasteiger charge is -2.18. The first-order valence-corrected chi connectivity index (χ1v) is 12.4. The molecule has 0 saturated carbocycles. The maximum Gasteiger partial charge on any atom is 0.178 e. The molecule has 2 aromatic heterocycles. The number of benzene rings is 7. The third-order valence-corrected chi connectivity index (χ3v) is 7.28. The van der Waals surface area contributed by atoms with Crippen LogP contribution in [0.2, 0.25) is 0 Å². The van der Waals surface area contributed by atoms with Gasteiger partial charge in [0.2, 0.25) is 0 Å². The molecule has 0 amide bonds. The second-order valence-electron chi connectivity index (χ2n) is 9.34. The van der Waals surface area contributed by atoms with Crippen LogP contribution in [-0.4, -0.2) is 0 Å². The van der Waals surface area contributed by atoms with Crippen LogP contribution in [0, 0.1) is 0 Å². The number of fused-ring (bicyclic) bond motifs is 8. The molecule has 2 nitrogen and oxygen atoms in total. The Morgan fingerprint density at radius 3 is 1.93 bits per heavy atom. The zero-order valence-corrected chi connectivity index (χ0v) is 20.4. The summed E-state index contributed by atoms with van der Waals surface area (Å²) >= 11 is 0. The van der Waals surface area contributed by atoms with Crippen LogP contribution in [-0.2, 0) is 0 Å². The molecule has 0 radical (unpaired) electrons. The minimum Gasteiger partial charge on any atom is -0.460 e. The summed E-state index contributed by atoms with van der Waals surface area (Å²) in [5, 5.41) is 0.137. The fourth-order valence-electron chi connectivity index (χ4n) is 5.58. The Morgan fingerprint density at radius 1 is 0.475 bits per heavy atom. The Hall–Kier alpha value is -5.34. The standard InChI is InChI=1S/C38H22O2/c1-2-10-26-23(8-1)9-7-15-27(26)36-30-13-5-3-11-28(30)35(29-12-4-6-14-31(29)36)25-17-19-34-33(22-25)32-18-16-24-20-21-39-37(24)38(32)40-34/h1-22H/i1D,2D,3D,4D,5D,6D,7D,8D,9D,10D,11D,12D,13D,14D,15D. The SMILES string of the molecule is [2H]c1c([2H])c([2H])c2c(-c3c4c([2H])c([2H])c([2H])c([2H])c4c(-c4ccc5oc6c(ccc7ccoc76)c5c4)c4c([2H])c([2H])c([2H])c([2H])c34)c([2H])c([2H])c([2H])c2c1[2H]. The van der Waals surface area contributed by atoms with E-state index < -0.39 is 107 Å². The molecule has 0 N–H and O–H groups in total. The van der Waals surface area contributed by atoms with Crippen LogP contribution < -0.4 is 0 Å². The second kappa shape index (κ2) is 8.08. The van der Waals surface area contributed by atoms with Crippen molar-refractivity contribution in [3.05, 3.63) is 133 Å². The van der Waals surface area contributed by atoms with E-state index >= 15 is 0 Å². The van der Waals surface area contributed by atoms with Crippen LogP contribution in [0.4, 0.5) is 0 Å². The van der Waals surface area contributed by atoms with Gasteiger partial charge in [0, 0.05) is 16.2 Å². The maximum absolute atomic E-state index is 9.29. The van der Waals surface area contributed by atoms with Gasteiger partial charge in [-0.05, 0) is 78.8 Å². The van der Waals surface area contributed by atoms with Gasteiger partial charge in [0.1, 0.15) is 5.58 Å². The van der Waals surface area contributed by atoms with Crippen molar-refractivity contribution in [1.29, 1.82) is 0 Å². The third kappa shape index (κ3) is 2.93. The van der Waals surface area contributed by atoms with E-state index in [0.717, 1.165) is 5.39 Å². The lowest BCUT2D eigenvalue weighted by atomic mass is 9.84. The van der Waals surface area contributed by atoms with Crippen molar-refractivity contribution in [2.24, 2.45) is 0 Å². The maximum atomic E-state index is 9.29. The Morgan fingerprint density at radius 2 is 1.15 bits per heavy atom. The highest BCUT2D eigenvalue weighted by atomic mass is 16.4. The minimum atomic E-state index is -0.762. The highest BCUT2D eigenvalue weighted by Gasteiger charge is 2.19. The Balaban J connectivity index is 1.60. The molecular weight excluding hydrogens is 488 g/mol. The summed E-state index contributed by atoms with van der Waals surface area (Å²) in [5.74, 6) is 0. The fourth-order valence-corrected chi connectivity index (χ4v) is 5.58. The summed E-state index contributed by atoms with van der Waals surface area (Å²) in [4.78, 5) is 0. The van der Waals surface area contributed by atoms with E-state index in [1.54, 1.807) is 24.3 Å². The molecule has 0 spiro atoms. The average Bonchev–Trinajstić information content (AvgIpc) is 3.81. The van der Waals surface area contributed by atoms with E-state index in [1.807, 2.05) is 12.1 Å². The molecule has 0 aliphatic heterocycles. The average molecular weight is 526 g/mol. The number of furan rings is 2. The van der Waals surface area contributed by atoms with Gasteiger partial charge in [-0.2, -0.15) is 0 Å². The van der Waals surface area contributed by atoms with Gasteiger partial charge in [0.15, 0.2) is 11.2 Å². The van der Waals surface area contributed by atoms with Crippen LogP contribution in [0.3, 0.4) is 0 Å². The van der Waals surface area contributed by atoms with E-state index in [1.165, 1.54) is 6.26 Å². The molecule has 0 saturated heterocycles.